The fourth-order valence-corrected chi connectivity index (χ4v) is 3.81. The van der Waals surface area contributed by atoms with Crippen molar-refractivity contribution in [3.05, 3.63) is 0 Å². The SMILES string of the molecule is CCC(=O)N1CSCC1C(=O)NC1CCCNC1C. The average Bonchev–Trinajstić information content (AvgIpc) is 2.90. The minimum absolute atomic E-state index is 0.00681. The molecular formula is C13H23N3O2S. The van der Waals surface area contributed by atoms with Crippen LogP contribution in [0.4, 0.5) is 0 Å². The normalized spacial score (nSPS) is 31.3. The van der Waals surface area contributed by atoms with E-state index in [4.69, 9.17) is 0 Å². The Morgan fingerprint density at radius 3 is 2.95 bits per heavy atom. The van der Waals surface area contributed by atoms with Crippen LogP contribution in [0.15, 0.2) is 0 Å². The Balaban J connectivity index is 1.93. The molecule has 108 valence electrons. The summed E-state index contributed by atoms with van der Waals surface area (Å²) in [5, 5.41) is 6.48. The second-order valence-electron chi connectivity index (χ2n) is 5.23. The summed E-state index contributed by atoms with van der Waals surface area (Å²) in [7, 11) is 0. The van der Waals surface area contributed by atoms with Crippen molar-refractivity contribution in [2.24, 2.45) is 0 Å². The summed E-state index contributed by atoms with van der Waals surface area (Å²) < 4.78 is 0. The summed E-state index contributed by atoms with van der Waals surface area (Å²) in [5.74, 6) is 1.43. The number of carbonyl (C=O) groups is 2. The highest BCUT2D eigenvalue weighted by atomic mass is 32.2. The maximum Gasteiger partial charge on any atom is 0.243 e. The van der Waals surface area contributed by atoms with Gasteiger partial charge in [-0.25, -0.2) is 0 Å². The Kier molecular flexibility index (Phi) is 5.10. The largest absolute Gasteiger partial charge is 0.350 e. The van der Waals surface area contributed by atoms with Gasteiger partial charge in [-0.15, -0.1) is 11.8 Å². The summed E-state index contributed by atoms with van der Waals surface area (Å²) in [4.78, 5) is 25.9. The Morgan fingerprint density at radius 2 is 2.26 bits per heavy atom. The Bertz CT molecular complexity index is 351. The van der Waals surface area contributed by atoms with Crippen molar-refractivity contribution in [3.63, 3.8) is 0 Å². The molecule has 0 saturated carbocycles. The van der Waals surface area contributed by atoms with Gasteiger partial charge in [-0.2, -0.15) is 0 Å². The number of thioether (sulfide) groups is 1. The number of hydrogen-bond acceptors (Lipinski definition) is 4. The third kappa shape index (κ3) is 3.42. The zero-order valence-corrected chi connectivity index (χ0v) is 12.5. The topological polar surface area (TPSA) is 61.4 Å². The second kappa shape index (κ2) is 6.61. The maximum atomic E-state index is 12.3. The summed E-state index contributed by atoms with van der Waals surface area (Å²) in [6.07, 6.45) is 2.57. The number of nitrogens with one attached hydrogen (secondary N) is 2. The number of rotatable bonds is 3. The van der Waals surface area contributed by atoms with E-state index in [1.165, 1.54) is 0 Å². The summed E-state index contributed by atoms with van der Waals surface area (Å²) >= 11 is 1.65. The van der Waals surface area contributed by atoms with Gasteiger partial charge in [-0.05, 0) is 26.3 Å². The predicted molar refractivity (Wildman–Crippen MR) is 76.9 cm³/mol. The first kappa shape index (κ1) is 14.7. The Labute approximate surface area is 118 Å². The van der Waals surface area contributed by atoms with E-state index >= 15 is 0 Å². The monoisotopic (exact) mass is 285 g/mol. The lowest BCUT2D eigenvalue weighted by Gasteiger charge is -2.32. The maximum absolute atomic E-state index is 12.3. The lowest BCUT2D eigenvalue weighted by molar-refractivity contribution is -0.138. The van der Waals surface area contributed by atoms with Crippen LogP contribution in [0.5, 0.6) is 0 Å². The van der Waals surface area contributed by atoms with Crippen LogP contribution in [0.3, 0.4) is 0 Å². The number of amides is 2. The molecule has 2 aliphatic heterocycles. The second-order valence-corrected chi connectivity index (χ2v) is 6.23. The first-order valence-electron chi connectivity index (χ1n) is 7.04. The number of carbonyl (C=O) groups excluding carboxylic acids is 2. The van der Waals surface area contributed by atoms with Gasteiger partial charge < -0.3 is 15.5 Å². The van der Waals surface area contributed by atoms with Crippen molar-refractivity contribution in [2.45, 2.75) is 51.2 Å². The van der Waals surface area contributed by atoms with Gasteiger partial charge >= 0.3 is 0 Å². The molecule has 2 aliphatic rings. The molecule has 19 heavy (non-hydrogen) atoms. The summed E-state index contributed by atoms with van der Waals surface area (Å²) in [6.45, 7) is 4.96. The van der Waals surface area contributed by atoms with Gasteiger partial charge in [0.25, 0.3) is 0 Å². The first-order valence-corrected chi connectivity index (χ1v) is 8.20. The quantitative estimate of drug-likeness (QED) is 0.795. The summed E-state index contributed by atoms with van der Waals surface area (Å²) in [5.41, 5.74) is 0. The highest BCUT2D eigenvalue weighted by Crippen LogP contribution is 2.22. The van der Waals surface area contributed by atoms with E-state index in [0.717, 1.165) is 19.4 Å². The molecule has 0 radical (unpaired) electrons. The minimum atomic E-state index is -0.286. The Hall–Kier alpha value is -0.750. The van der Waals surface area contributed by atoms with Crippen LogP contribution in [0.1, 0.15) is 33.1 Å². The molecule has 2 rings (SSSR count). The number of nitrogens with zero attached hydrogens (tertiary/aromatic N) is 1. The van der Waals surface area contributed by atoms with E-state index in [1.54, 1.807) is 16.7 Å². The van der Waals surface area contributed by atoms with Gasteiger partial charge in [0.05, 0.1) is 5.88 Å². The fraction of sp³-hybridized carbons (Fsp3) is 0.846. The number of piperidine rings is 1. The van der Waals surface area contributed by atoms with E-state index in [1.807, 2.05) is 6.92 Å². The smallest absolute Gasteiger partial charge is 0.243 e. The Morgan fingerprint density at radius 1 is 1.47 bits per heavy atom. The van der Waals surface area contributed by atoms with Crippen LogP contribution in [0.25, 0.3) is 0 Å². The fourth-order valence-electron chi connectivity index (χ4n) is 2.63. The van der Waals surface area contributed by atoms with Crippen molar-refractivity contribution in [3.8, 4) is 0 Å². The zero-order valence-electron chi connectivity index (χ0n) is 11.6. The molecule has 3 unspecified atom stereocenters. The minimum Gasteiger partial charge on any atom is -0.350 e. The number of hydrogen-bond donors (Lipinski definition) is 2. The highest BCUT2D eigenvalue weighted by Gasteiger charge is 2.35. The van der Waals surface area contributed by atoms with E-state index < -0.39 is 0 Å². The molecule has 2 fully saturated rings. The standard InChI is InChI=1S/C13H23N3O2S/c1-3-12(17)16-8-19-7-11(16)13(18)15-10-5-4-6-14-9(10)2/h9-11,14H,3-8H2,1-2H3,(H,15,18). The van der Waals surface area contributed by atoms with E-state index in [-0.39, 0.29) is 23.9 Å². The van der Waals surface area contributed by atoms with Gasteiger partial charge in [-0.1, -0.05) is 6.92 Å². The van der Waals surface area contributed by atoms with Crippen LogP contribution in [0.2, 0.25) is 0 Å². The molecule has 0 aromatic heterocycles. The first-order chi connectivity index (χ1) is 9.13. The molecule has 2 N–H and O–H groups in total. The molecule has 2 saturated heterocycles. The molecule has 0 spiro atoms. The van der Waals surface area contributed by atoms with Gasteiger partial charge in [0.1, 0.15) is 6.04 Å². The average molecular weight is 285 g/mol. The van der Waals surface area contributed by atoms with Gasteiger partial charge in [0.2, 0.25) is 11.8 Å². The van der Waals surface area contributed by atoms with Crippen molar-refractivity contribution in [2.75, 3.05) is 18.2 Å². The molecule has 0 aromatic rings. The highest BCUT2D eigenvalue weighted by molar-refractivity contribution is 7.99. The zero-order chi connectivity index (χ0) is 13.8. The molecule has 3 atom stereocenters. The third-order valence-electron chi connectivity index (χ3n) is 3.90. The van der Waals surface area contributed by atoms with E-state index in [2.05, 4.69) is 17.6 Å². The molecule has 5 nitrogen and oxygen atoms in total. The summed E-state index contributed by atoms with van der Waals surface area (Å²) in [6, 6.07) is 0.207. The van der Waals surface area contributed by atoms with Crippen molar-refractivity contribution < 1.29 is 9.59 Å². The lowest BCUT2D eigenvalue weighted by Crippen LogP contribution is -2.56. The van der Waals surface area contributed by atoms with Gasteiger partial charge in [-0.3, -0.25) is 9.59 Å². The van der Waals surface area contributed by atoms with E-state index in [0.29, 0.717) is 24.1 Å². The van der Waals surface area contributed by atoms with Gasteiger partial charge in [0.15, 0.2) is 0 Å². The molecule has 0 aromatic carbocycles. The molecule has 2 heterocycles. The van der Waals surface area contributed by atoms with Crippen LogP contribution >= 0.6 is 11.8 Å². The van der Waals surface area contributed by atoms with Crippen molar-refractivity contribution >= 4 is 23.6 Å². The van der Waals surface area contributed by atoms with Crippen molar-refractivity contribution in [1.29, 1.82) is 0 Å². The van der Waals surface area contributed by atoms with Crippen LogP contribution < -0.4 is 10.6 Å². The van der Waals surface area contributed by atoms with Crippen molar-refractivity contribution in [1.82, 2.24) is 15.5 Å². The molecule has 0 aliphatic carbocycles. The van der Waals surface area contributed by atoms with Gasteiger partial charge in [0, 0.05) is 24.3 Å². The van der Waals surface area contributed by atoms with Crippen LogP contribution in [-0.4, -0.2) is 53.0 Å². The molecular weight excluding hydrogens is 262 g/mol. The van der Waals surface area contributed by atoms with Crippen LogP contribution in [-0.2, 0) is 9.59 Å². The molecule has 0 bridgehead atoms. The van der Waals surface area contributed by atoms with E-state index in [9.17, 15) is 9.59 Å². The molecule has 6 heteroatoms. The lowest BCUT2D eigenvalue weighted by atomic mass is 9.99. The van der Waals surface area contributed by atoms with Crippen LogP contribution in [0, 0.1) is 0 Å². The third-order valence-corrected chi connectivity index (χ3v) is 4.91. The predicted octanol–water partition coefficient (Wildman–Crippen LogP) is 0.555. The molecule has 2 amide bonds.